The lowest BCUT2D eigenvalue weighted by molar-refractivity contribution is 0.399. The molecule has 0 saturated carbocycles. The van der Waals surface area contributed by atoms with Crippen molar-refractivity contribution >= 4 is 10.0 Å². The van der Waals surface area contributed by atoms with E-state index in [1.807, 2.05) is 0 Å². The first-order valence-corrected chi connectivity index (χ1v) is 5.09. The van der Waals surface area contributed by atoms with Crippen molar-refractivity contribution in [3.8, 4) is 0 Å². The van der Waals surface area contributed by atoms with E-state index in [1.165, 1.54) is 10.6 Å². The van der Waals surface area contributed by atoms with Crippen LogP contribution in [0.15, 0.2) is 0 Å². The van der Waals surface area contributed by atoms with Gasteiger partial charge in [0.25, 0.3) is 0 Å². The average molecular weight is 164 g/mol. The minimum Gasteiger partial charge on any atom is -0.315 e. The third-order valence-corrected chi connectivity index (χ3v) is 2.98. The molecule has 0 aromatic heterocycles. The predicted octanol–water partition coefficient (Wildman–Crippen LogP) is -0.673. The van der Waals surface area contributed by atoms with Gasteiger partial charge in [-0.25, -0.2) is 8.42 Å². The molecule has 4 nitrogen and oxygen atoms in total. The van der Waals surface area contributed by atoms with Gasteiger partial charge >= 0.3 is 0 Å². The van der Waals surface area contributed by atoms with E-state index in [0.29, 0.717) is 6.54 Å². The summed E-state index contributed by atoms with van der Waals surface area (Å²) in [6.07, 6.45) is 2.58. The summed E-state index contributed by atoms with van der Waals surface area (Å²) in [5.41, 5.74) is 5.51. The maximum atomic E-state index is 10.9. The zero-order chi connectivity index (χ0) is 7.78. The van der Waals surface area contributed by atoms with Crippen molar-refractivity contribution in [3.63, 3.8) is 0 Å². The van der Waals surface area contributed by atoms with Crippen molar-refractivity contribution in [1.29, 1.82) is 0 Å². The summed E-state index contributed by atoms with van der Waals surface area (Å²) in [5.74, 6) is 0. The molecule has 5 heteroatoms. The summed E-state index contributed by atoms with van der Waals surface area (Å²) in [6.45, 7) is 0.583. The molecule has 1 aliphatic rings. The van der Waals surface area contributed by atoms with Crippen LogP contribution in [0.5, 0.6) is 0 Å². The Morgan fingerprint density at radius 3 is 2.40 bits per heavy atom. The largest absolute Gasteiger partial charge is 0.315 e. The van der Waals surface area contributed by atoms with Crippen molar-refractivity contribution in [2.45, 2.75) is 19.0 Å². The van der Waals surface area contributed by atoms with Gasteiger partial charge in [-0.2, -0.15) is 4.31 Å². The minimum absolute atomic E-state index is 0.282. The second-order valence-electron chi connectivity index (χ2n) is 2.58. The number of hydrogen-bond donors (Lipinski definition) is 1. The molecule has 1 rings (SSSR count). The van der Waals surface area contributed by atoms with E-state index in [-0.39, 0.29) is 6.17 Å². The van der Waals surface area contributed by atoms with Crippen LogP contribution >= 0.6 is 0 Å². The van der Waals surface area contributed by atoms with E-state index in [9.17, 15) is 8.42 Å². The monoisotopic (exact) mass is 164 g/mol. The molecule has 10 heavy (non-hydrogen) atoms. The molecular weight excluding hydrogens is 152 g/mol. The van der Waals surface area contributed by atoms with Gasteiger partial charge in [0.15, 0.2) is 0 Å². The Balaban J connectivity index is 2.74. The third-order valence-electron chi connectivity index (χ3n) is 1.67. The Morgan fingerprint density at radius 1 is 1.60 bits per heavy atom. The second kappa shape index (κ2) is 2.48. The van der Waals surface area contributed by atoms with Gasteiger partial charge in [-0.05, 0) is 12.8 Å². The van der Waals surface area contributed by atoms with Crippen LogP contribution in [0, 0.1) is 0 Å². The van der Waals surface area contributed by atoms with Crippen LogP contribution in [-0.2, 0) is 10.0 Å². The number of nitrogens with zero attached hydrogens (tertiary/aromatic N) is 1. The van der Waals surface area contributed by atoms with E-state index in [1.54, 1.807) is 0 Å². The molecular formula is C5H12N2O2S. The maximum absolute atomic E-state index is 10.9. The van der Waals surface area contributed by atoms with Crippen molar-refractivity contribution in [3.05, 3.63) is 0 Å². The first kappa shape index (κ1) is 7.97. The molecule has 0 amide bonds. The summed E-state index contributed by atoms with van der Waals surface area (Å²) in [7, 11) is -3.04. The van der Waals surface area contributed by atoms with E-state index in [4.69, 9.17) is 5.73 Å². The molecule has 0 aliphatic carbocycles. The van der Waals surface area contributed by atoms with Gasteiger partial charge in [-0.3, -0.25) is 0 Å². The molecule has 0 aromatic carbocycles. The van der Waals surface area contributed by atoms with E-state index >= 15 is 0 Å². The zero-order valence-corrected chi connectivity index (χ0v) is 6.76. The van der Waals surface area contributed by atoms with Gasteiger partial charge < -0.3 is 5.73 Å². The summed E-state index contributed by atoms with van der Waals surface area (Å²) < 4.78 is 23.1. The lowest BCUT2D eigenvalue weighted by atomic mass is 10.3. The van der Waals surface area contributed by atoms with E-state index in [2.05, 4.69) is 0 Å². The smallest absolute Gasteiger partial charge is 0.212 e. The Morgan fingerprint density at radius 2 is 2.20 bits per heavy atom. The van der Waals surface area contributed by atoms with Gasteiger partial charge in [-0.15, -0.1) is 0 Å². The molecule has 0 spiro atoms. The van der Waals surface area contributed by atoms with Crippen LogP contribution in [0.2, 0.25) is 0 Å². The van der Waals surface area contributed by atoms with Crippen molar-refractivity contribution in [2.75, 3.05) is 12.8 Å². The summed E-state index contributed by atoms with van der Waals surface area (Å²) >= 11 is 0. The molecule has 1 saturated heterocycles. The van der Waals surface area contributed by atoms with Gasteiger partial charge in [0.2, 0.25) is 10.0 Å². The first-order valence-electron chi connectivity index (χ1n) is 3.24. The van der Waals surface area contributed by atoms with Gasteiger partial charge in [0.1, 0.15) is 0 Å². The van der Waals surface area contributed by atoms with Crippen molar-refractivity contribution < 1.29 is 8.42 Å². The van der Waals surface area contributed by atoms with Gasteiger partial charge in [0, 0.05) is 6.54 Å². The minimum atomic E-state index is -3.04. The van der Waals surface area contributed by atoms with E-state index in [0.717, 1.165) is 12.8 Å². The fourth-order valence-corrected chi connectivity index (χ4v) is 2.24. The first-order chi connectivity index (χ1) is 4.52. The molecule has 1 heterocycles. The molecule has 1 fully saturated rings. The molecule has 0 unspecified atom stereocenters. The Kier molecular flexibility index (Phi) is 1.98. The lowest BCUT2D eigenvalue weighted by Crippen LogP contribution is -2.40. The Labute approximate surface area is 61.1 Å². The zero-order valence-electron chi connectivity index (χ0n) is 5.95. The molecule has 0 aromatic rings. The SMILES string of the molecule is CS(=O)(=O)N1CCC[C@H]1N. The Hall–Kier alpha value is -0.130. The van der Waals surface area contributed by atoms with E-state index < -0.39 is 10.0 Å². The van der Waals surface area contributed by atoms with Gasteiger partial charge in [-0.1, -0.05) is 0 Å². The van der Waals surface area contributed by atoms with Crippen LogP contribution in [0.25, 0.3) is 0 Å². The van der Waals surface area contributed by atoms with Gasteiger partial charge in [0.05, 0.1) is 12.4 Å². The van der Waals surface area contributed by atoms with Crippen molar-refractivity contribution in [1.82, 2.24) is 4.31 Å². The third kappa shape index (κ3) is 1.47. The molecule has 2 N–H and O–H groups in total. The van der Waals surface area contributed by atoms with Crippen LogP contribution in [-0.4, -0.2) is 31.7 Å². The van der Waals surface area contributed by atoms with Crippen LogP contribution < -0.4 is 5.73 Å². The van der Waals surface area contributed by atoms with Crippen LogP contribution in [0.4, 0.5) is 0 Å². The quantitative estimate of drug-likeness (QED) is 0.559. The number of nitrogens with two attached hydrogens (primary N) is 1. The van der Waals surface area contributed by atoms with Crippen LogP contribution in [0.3, 0.4) is 0 Å². The normalized spacial score (nSPS) is 29.2. The molecule has 0 bridgehead atoms. The highest BCUT2D eigenvalue weighted by molar-refractivity contribution is 7.88. The maximum Gasteiger partial charge on any atom is 0.212 e. The Bertz CT molecular complexity index is 212. The molecule has 1 atom stereocenters. The standard InChI is InChI=1S/C5H12N2O2S/c1-10(8,9)7-4-2-3-5(7)6/h5H,2-4,6H2,1H3/t5-/m0/s1. The summed E-state index contributed by atoms with van der Waals surface area (Å²) in [6, 6.07) is 0. The molecule has 60 valence electrons. The van der Waals surface area contributed by atoms with Crippen molar-refractivity contribution in [2.24, 2.45) is 5.73 Å². The molecule has 0 radical (unpaired) electrons. The molecule has 1 aliphatic heterocycles. The van der Waals surface area contributed by atoms with Crippen LogP contribution in [0.1, 0.15) is 12.8 Å². The highest BCUT2D eigenvalue weighted by atomic mass is 32.2. The topological polar surface area (TPSA) is 63.4 Å². The number of sulfonamides is 1. The highest BCUT2D eigenvalue weighted by Gasteiger charge is 2.27. The lowest BCUT2D eigenvalue weighted by Gasteiger charge is -2.17. The average Bonchev–Trinajstić information content (AvgIpc) is 2.11. The summed E-state index contributed by atoms with van der Waals surface area (Å²) in [4.78, 5) is 0. The fraction of sp³-hybridized carbons (Fsp3) is 1.00. The fourth-order valence-electron chi connectivity index (χ4n) is 1.18. The number of rotatable bonds is 1. The second-order valence-corrected chi connectivity index (χ2v) is 4.52. The predicted molar refractivity (Wildman–Crippen MR) is 38.8 cm³/mol. The number of hydrogen-bond acceptors (Lipinski definition) is 3. The highest BCUT2D eigenvalue weighted by Crippen LogP contribution is 2.15. The summed E-state index contributed by atoms with van der Waals surface area (Å²) in [5, 5.41) is 0.